The number of aromatic carboxylic acids is 1. The van der Waals surface area contributed by atoms with Crippen molar-refractivity contribution in [2.45, 2.75) is 32.5 Å². The third-order valence-corrected chi connectivity index (χ3v) is 6.13. The van der Waals surface area contributed by atoms with E-state index < -0.39 is 17.9 Å². The number of carboxylic acid groups (broad SMARTS) is 2. The summed E-state index contributed by atoms with van der Waals surface area (Å²) in [6, 6.07) is 10.7. The predicted octanol–water partition coefficient (Wildman–Crippen LogP) is 3.27. The number of nitrogens with zero attached hydrogens (tertiary/aromatic N) is 2. The van der Waals surface area contributed by atoms with Crippen molar-refractivity contribution in [3.63, 3.8) is 0 Å². The highest BCUT2D eigenvalue weighted by molar-refractivity contribution is 6.35. The highest BCUT2D eigenvalue weighted by atomic mass is 35.5. The van der Waals surface area contributed by atoms with E-state index in [0.29, 0.717) is 21.2 Å². The Labute approximate surface area is 189 Å². The molecule has 2 unspecified atom stereocenters. The van der Waals surface area contributed by atoms with Gasteiger partial charge in [0.25, 0.3) is 0 Å². The lowest BCUT2D eigenvalue weighted by Crippen LogP contribution is -2.58. The molecular weight excluding hydrogens is 443 g/mol. The number of halogens is 2. The van der Waals surface area contributed by atoms with E-state index in [1.54, 1.807) is 48.2 Å². The molecule has 1 N–H and O–H groups in total. The van der Waals surface area contributed by atoms with Gasteiger partial charge >= 0.3 is 12.0 Å². The molecule has 1 aliphatic heterocycles. The minimum absolute atomic E-state index is 0.0441. The summed E-state index contributed by atoms with van der Waals surface area (Å²) in [6.07, 6.45) is -0.226. The average molecular weight is 464 g/mol. The summed E-state index contributed by atoms with van der Waals surface area (Å²) in [5.74, 6) is -2.70. The van der Waals surface area contributed by atoms with E-state index in [4.69, 9.17) is 23.2 Å². The van der Waals surface area contributed by atoms with Gasteiger partial charge in [0.15, 0.2) is 0 Å². The number of amides is 2. The maximum absolute atomic E-state index is 13.3. The van der Waals surface area contributed by atoms with Crippen LogP contribution in [0.15, 0.2) is 42.5 Å². The third kappa shape index (κ3) is 5.29. The molecule has 1 fully saturated rings. The molecule has 3 rings (SSSR count). The van der Waals surface area contributed by atoms with Gasteiger partial charge in [0.05, 0.1) is 5.56 Å². The topological polar surface area (TPSA) is 101 Å². The summed E-state index contributed by atoms with van der Waals surface area (Å²) < 4.78 is 0. The minimum atomic E-state index is -1.21. The van der Waals surface area contributed by atoms with Crippen molar-refractivity contribution in [3.05, 3.63) is 69.2 Å². The van der Waals surface area contributed by atoms with Crippen molar-refractivity contribution in [2.24, 2.45) is 5.92 Å². The van der Waals surface area contributed by atoms with Gasteiger partial charge in [0, 0.05) is 47.6 Å². The van der Waals surface area contributed by atoms with Crippen LogP contribution in [0.4, 0.5) is 4.79 Å². The van der Waals surface area contributed by atoms with Gasteiger partial charge in [0.2, 0.25) is 0 Å². The normalized spacial score (nSPS) is 18.9. The van der Waals surface area contributed by atoms with Gasteiger partial charge in [0.1, 0.15) is 0 Å². The fourth-order valence-electron chi connectivity index (χ4n) is 3.82. The largest absolute Gasteiger partial charge is 0.550 e. The molecule has 9 heteroatoms. The van der Waals surface area contributed by atoms with E-state index in [2.05, 4.69) is 0 Å². The number of urea groups is 1. The van der Waals surface area contributed by atoms with Crippen molar-refractivity contribution in [2.75, 3.05) is 6.54 Å². The molecule has 1 aliphatic rings. The highest BCUT2D eigenvalue weighted by Crippen LogP contribution is 2.30. The fourth-order valence-corrected chi connectivity index (χ4v) is 4.29. The zero-order chi connectivity index (χ0) is 22.7. The first-order valence-electron chi connectivity index (χ1n) is 9.68. The first-order valence-corrected chi connectivity index (χ1v) is 10.4. The molecule has 0 aliphatic carbocycles. The molecule has 1 saturated heterocycles. The van der Waals surface area contributed by atoms with Crippen molar-refractivity contribution in [3.8, 4) is 0 Å². The molecular formula is C22H21Cl2N2O5-. The van der Waals surface area contributed by atoms with E-state index >= 15 is 0 Å². The number of hydrogen-bond acceptors (Lipinski definition) is 4. The van der Waals surface area contributed by atoms with E-state index in [1.165, 1.54) is 11.0 Å². The van der Waals surface area contributed by atoms with Crippen LogP contribution < -0.4 is 5.11 Å². The Morgan fingerprint density at radius 2 is 1.84 bits per heavy atom. The smallest absolute Gasteiger partial charge is 0.336 e. The van der Waals surface area contributed by atoms with Gasteiger partial charge in [-0.05, 0) is 42.7 Å². The molecule has 0 aromatic heterocycles. The predicted molar refractivity (Wildman–Crippen MR) is 114 cm³/mol. The number of carbonyl (C=O) groups is 3. The van der Waals surface area contributed by atoms with Gasteiger partial charge in [-0.1, -0.05) is 47.5 Å². The van der Waals surface area contributed by atoms with Crippen LogP contribution in [0.3, 0.4) is 0 Å². The summed E-state index contributed by atoms with van der Waals surface area (Å²) in [5, 5.41) is 21.6. The van der Waals surface area contributed by atoms with Crippen molar-refractivity contribution in [1.29, 1.82) is 0 Å². The van der Waals surface area contributed by atoms with Gasteiger partial charge in [-0.25, -0.2) is 9.59 Å². The lowest BCUT2D eigenvalue weighted by atomic mass is 9.92. The zero-order valence-corrected chi connectivity index (χ0v) is 18.3. The molecule has 0 radical (unpaired) electrons. The maximum atomic E-state index is 13.3. The molecule has 0 bridgehead atoms. The molecule has 164 valence electrons. The summed E-state index contributed by atoms with van der Waals surface area (Å²) in [7, 11) is 0. The summed E-state index contributed by atoms with van der Waals surface area (Å²) in [6.45, 7) is 2.17. The van der Waals surface area contributed by atoms with Crippen LogP contribution in [-0.4, -0.2) is 45.5 Å². The van der Waals surface area contributed by atoms with Crippen LogP contribution in [0.2, 0.25) is 10.0 Å². The number of hydrogen-bond donors (Lipinski definition) is 1. The molecule has 2 amide bonds. The molecule has 1 heterocycles. The monoisotopic (exact) mass is 463 g/mol. The van der Waals surface area contributed by atoms with Crippen LogP contribution in [-0.2, 0) is 17.9 Å². The Kier molecular flexibility index (Phi) is 7.08. The molecule has 2 atom stereocenters. The standard InChI is InChI=1S/C22H22Cl2N2O5/c1-13-16(8-20(27)28)11-25(10-14-4-2-3-5-18(14)21(29)30)22(31)26(13)12-15-6-7-17(23)9-19(15)24/h2-7,9,13,16H,8,10-12H2,1H3,(H,27,28)(H,29,30)/p-1. The molecule has 2 aromatic rings. The van der Waals surface area contributed by atoms with Crippen molar-refractivity contribution < 1.29 is 24.6 Å². The number of rotatable bonds is 7. The molecule has 31 heavy (non-hydrogen) atoms. The van der Waals surface area contributed by atoms with Crippen LogP contribution in [0.5, 0.6) is 0 Å². The minimum Gasteiger partial charge on any atom is -0.550 e. The zero-order valence-electron chi connectivity index (χ0n) is 16.8. The summed E-state index contributed by atoms with van der Waals surface area (Å²) >= 11 is 12.2. The first-order chi connectivity index (χ1) is 14.7. The maximum Gasteiger partial charge on any atom is 0.336 e. The highest BCUT2D eigenvalue weighted by Gasteiger charge is 2.38. The fraction of sp³-hybridized carbons (Fsp3) is 0.318. The van der Waals surface area contributed by atoms with Crippen molar-refractivity contribution in [1.82, 2.24) is 9.80 Å². The summed E-state index contributed by atoms with van der Waals surface area (Å²) in [5.41, 5.74) is 1.23. The Bertz CT molecular complexity index is 1010. The van der Waals surface area contributed by atoms with Gasteiger partial charge in [-0.2, -0.15) is 0 Å². The first kappa shape index (κ1) is 22.9. The average Bonchev–Trinajstić information content (AvgIpc) is 2.70. The lowest BCUT2D eigenvalue weighted by molar-refractivity contribution is -0.307. The van der Waals surface area contributed by atoms with E-state index in [1.807, 2.05) is 0 Å². The number of carboxylic acids is 2. The van der Waals surface area contributed by atoms with Gasteiger partial charge in [-0.3, -0.25) is 0 Å². The Balaban J connectivity index is 1.92. The second-order valence-electron chi connectivity index (χ2n) is 7.57. The molecule has 0 spiro atoms. The Morgan fingerprint density at radius 3 is 2.48 bits per heavy atom. The molecule has 7 nitrogen and oxygen atoms in total. The second-order valence-corrected chi connectivity index (χ2v) is 8.41. The second kappa shape index (κ2) is 9.58. The van der Waals surface area contributed by atoms with Crippen molar-refractivity contribution >= 4 is 41.2 Å². The SMILES string of the molecule is CC1C(CC(=O)[O-])CN(Cc2ccccc2C(=O)O)C(=O)N1Cc1ccc(Cl)cc1Cl. The van der Waals surface area contributed by atoms with Crippen LogP contribution in [0.25, 0.3) is 0 Å². The van der Waals surface area contributed by atoms with Crippen LogP contribution in [0, 0.1) is 5.92 Å². The van der Waals surface area contributed by atoms with Crippen LogP contribution in [0.1, 0.15) is 34.8 Å². The van der Waals surface area contributed by atoms with E-state index in [-0.39, 0.29) is 43.7 Å². The van der Waals surface area contributed by atoms with Gasteiger partial charge < -0.3 is 24.8 Å². The molecule has 2 aromatic carbocycles. The Morgan fingerprint density at radius 1 is 1.13 bits per heavy atom. The number of benzene rings is 2. The summed E-state index contributed by atoms with van der Waals surface area (Å²) in [4.78, 5) is 39.2. The van der Waals surface area contributed by atoms with E-state index in [9.17, 15) is 24.6 Å². The quantitative estimate of drug-likeness (QED) is 0.678. The van der Waals surface area contributed by atoms with Gasteiger partial charge in [-0.15, -0.1) is 0 Å². The Hall–Kier alpha value is -2.77. The third-order valence-electron chi connectivity index (χ3n) is 5.54. The molecule has 0 saturated carbocycles. The van der Waals surface area contributed by atoms with Crippen LogP contribution >= 0.6 is 23.2 Å². The number of aliphatic carboxylic acids is 1. The lowest BCUT2D eigenvalue weighted by Gasteiger charge is -2.45. The number of carbonyl (C=O) groups excluding carboxylic acids is 2. The van der Waals surface area contributed by atoms with E-state index in [0.717, 1.165) is 0 Å².